The molecule has 1 aliphatic rings. The molecule has 1 aliphatic carbocycles. The van der Waals surface area contributed by atoms with E-state index in [1.54, 1.807) is 13.1 Å². The topological polar surface area (TPSA) is 94.3 Å². The zero-order valence-electron chi connectivity index (χ0n) is 15.5. The number of benzene rings is 1. The van der Waals surface area contributed by atoms with Gasteiger partial charge in [-0.3, -0.25) is 0 Å². The van der Waals surface area contributed by atoms with Gasteiger partial charge in [-0.25, -0.2) is 14.3 Å². The molecule has 0 saturated heterocycles. The number of carbonyl (C=O) groups excluding carboxylic acids is 1. The number of carboxylic acid groups (broad SMARTS) is 1. The third kappa shape index (κ3) is 3.70. The maximum Gasteiger partial charge on any atom is 0.356 e. The molecule has 1 N–H and O–H groups in total. The summed E-state index contributed by atoms with van der Waals surface area (Å²) in [6.45, 7) is 2.68. The average molecular weight is 369 g/mol. The van der Waals surface area contributed by atoms with E-state index >= 15 is 0 Å². The van der Waals surface area contributed by atoms with E-state index < -0.39 is 5.97 Å². The molecule has 1 aromatic carbocycles. The predicted octanol–water partition coefficient (Wildman–Crippen LogP) is 2.79. The van der Waals surface area contributed by atoms with E-state index in [0.717, 1.165) is 31.2 Å². The summed E-state index contributed by atoms with van der Waals surface area (Å²) in [7, 11) is 1.55. The number of carbonyl (C=O) groups is 1. The van der Waals surface area contributed by atoms with Crippen molar-refractivity contribution in [3.8, 4) is 11.3 Å². The molecule has 1 aromatic heterocycles. The number of nitrogens with zero attached hydrogens (tertiary/aromatic N) is 3. The first-order chi connectivity index (χ1) is 13.0. The Kier molecular flexibility index (Phi) is 5.54. The van der Waals surface area contributed by atoms with Crippen molar-refractivity contribution in [3.63, 3.8) is 0 Å². The minimum atomic E-state index is -1.07. The number of rotatable bonds is 6. The number of aryl methyl sites for hydroxylation is 1. The van der Waals surface area contributed by atoms with Crippen LogP contribution >= 0.6 is 0 Å². The minimum absolute atomic E-state index is 0.0440. The highest BCUT2D eigenvalue weighted by Crippen LogP contribution is 2.41. The van der Waals surface area contributed by atoms with Crippen LogP contribution in [-0.4, -0.2) is 44.7 Å². The molecule has 1 fully saturated rings. The van der Waals surface area contributed by atoms with Gasteiger partial charge in [-0.2, -0.15) is 0 Å². The number of aromatic nitrogens is 3. The molecule has 0 unspecified atom stereocenters. The van der Waals surface area contributed by atoms with E-state index in [2.05, 4.69) is 10.3 Å². The highest BCUT2D eigenvalue weighted by molar-refractivity contribution is 5.92. The Balaban J connectivity index is 1.90. The molecule has 0 amide bonds. The summed E-state index contributed by atoms with van der Waals surface area (Å²) in [5, 5.41) is 17.2. The molecule has 3 rings (SSSR count). The normalized spacial score (nSPS) is 22.2. The number of carboxylic acids is 1. The fraction of sp³-hybridized carbons (Fsp3) is 0.450. The summed E-state index contributed by atoms with van der Waals surface area (Å²) in [6, 6.07) is 7.54. The number of hydrogen-bond acceptors (Lipinski definition) is 5. The summed E-state index contributed by atoms with van der Waals surface area (Å²) in [6.07, 6.45) is 5.27. The Labute approximate surface area is 157 Å². The molecule has 27 heavy (non-hydrogen) atoms. The lowest BCUT2D eigenvalue weighted by molar-refractivity contribution is 0.0254. The first-order valence-corrected chi connectivity index (χ1v) is 9.08. The largest absolute Gasteiger partial charge is 0.476 e. The smallest absolute Gasteiger partial charge is 0.356 e. The fourth-order valence-electron chi connectivity index (χ4n) is 3.89. The van der Waals surface area contributed by atoms with E-state index in [0.29, 0.717) is 17.9 Å². The van der Waals surface area contributed by atoms with Crippen molar-refractivity contribution >= 4 is 11.9 Å². The Morgan fingerprint density at radius 3 is 2.59 bits per heavy atom. The second-order valence-electron chi connectivity index (χ2n) is 6.87. The molecule has 7 nitrogen and oxygen atoms in total. The molecular formula is C20H23N3O4. The second-order valence-corrected chi connectivity index (χ2v) is 6.87. The maximum atomic E-state index is 11.5. The van der Waals surface area contributed by atoms with Gasteiger partial charge in [-0.05, 0) is 38.2 Å². The molecule has 0 aliphatic heterocycles. The minimum Gasteiger partial charge on any atom is -0.476 e. The lowest BCUT2D eigenvalue weighted by Gasteiger charge is -2.37. The van der Waals surface area contributed by atoms with Crippen molar-refractivity contribution in [2.45, 2.75) is 44.1 Å². The van der Waals surface area contributed by atoms with E-state index in [-0.39, 0.29) is 17.2 Å². The van der Waals surface area contributed by atoms with Crippen molar-refractivity contribution in [1.82, 2.24) is 15.0 Å². The van der Waals surface area contributed by atoms with E-state index in [1.165, 1.54) is 4.68 Å². The molecule has 7 heteroatoms. The highest BCUT2D eigenvalue weighted by atomic mass is 16.5. The summed E-state index contributed by atoms with van der Waals surface area (Å²) in [4.78, 5) is 22.6. The zero-order chi connectivity index (χ0) is 19.4. The maximum absolute atomic E-state index is 11.5. The van der Waals surface area contributed by atoms with Gasteiger partial charge in [-0.1, -0.05) is 29.5 Å². The number of hydrogen-bond donors (Lipinski definition) is 1. The highest BCUT2D eigenvalue weighted by Gasteiger charge is 2.35. The second kappa shape index (κ2) is 7.86. The van der Waals surface area contributed by atoms with Crippen LogP contribution in [0.25, 0.3) is 11.3 Å². The van der Waals surface area contributed by atoms with Crippen molar-refractivity contribution < 1.29 is 19.4 Å². The fourth-order valence-corrected chi connectivity index (χ4v) is 3.89. The Morgan fingerprint density at radius 1 is 1.37 bits per heavy atom. The predicted molar refractivity (Wildman–Crippen MR) is 99.2 cm³/mol. The average Bonchev–Trinajstić information content (AvgIpc) is 3.06. The van der Waals surface area contributed by atoms with Gasteiger partial charge in [-0.15, -0.1) is 5.10 Å². The monoisotopic (exact) mass is 369 g/mol. The van der Waals surface area contributed by atoms with Crippen LogP contribution in [0.2, 0.25) is 0 Å². The summed E-state index contributed by atoms with van der Waals surface area (Å²) in [5.74, 6) is 0.905. The lowest BCUT2D eigenvalue weighted by Crippen LogP contribution is -2.33. The molecule has 0 bridgehead atoms. The lowest BCUT2D eigenvalue weighted by atomic mass is 9.68. The molecule has 0 atom stereocenters. The molecule has 1 heterocycles. The van der Waals surface area contributed by atoms with Gasteiger partial charge >= 0.3 is 5.97 Å². The van der Waals surface area contributed by atoms with Crippen LogP contribution in [-0.2, 0) is 22.0 Å². The van der Waals surface area contributed by atoms with E-state index in [4.69, 9.17) is 4.74 Å². The van der Waals surface area contributed by atoms with Gasteiger partial charge in [0, 0.05) is 30.7 Å². The van der Waals surface area contributed by atoms with E-state index in [1.807, 2.05) is 37.1 Å². The van der Waals surface area contributed by atoms with Gasteiger partial charge < -0.3 is 9.84 Å². The molecule has 0 radical (unpaired) electrons. The summed E-state index contributed by atoms with van der Waals surface area (Å²) >= 11 is 0. The first kappa shape index (κ1) is 19.0. The Bertz CT molecular complexity index is 858. The van der Waals surface area contributed by atoms with Gasteiger partial charge in [0.05, 0.1) is 6.10 Å². The van der Waals surface area contributed by atoms with Crippen LogP contribution in [0.5, 0.6) is 0 Å². The SMILES string of the molecule is CCOC1CCC(C=C=O)(c2ccc(-c3nnn(C)c3C(=O)O)cc2)CC1. The van der Waals surface area contributed by atoms with Crippen LogP contribution < -0.4 is 0 Å². The van der Waals surface area contributed by atoms with Crippen molar-refractivity contribution in [1.29, 1.82) is 0 Å². The third-order valence-corrected chi connectivity index (χ3v) is 5.33. The Hall–Kier alpha value is -2.76. The number of allylic oxidation sites excluding steroid dienone is 1. The molecule has 2 aromatic rings. The summed E-state index contributed by atoms with van der Waals surface area (Å²) in [5.41, 5.74) is 1.72. The van der Waals surface area contributed by atoms with Gasteiger partial charge in [0.15, 0.2) is 5.69 Å². The van der Waals surface area contributed by atoms with Crippen LogP contribution in [0.1, 0.15) is 48.7 Å². The summed E-state index contributed by atoms with van der Waals surface area (Å²) < 4.78 is 6.97. The van der Waals surface area contributed by atoms with Gasteiger partial charge in [0.2, 0.25) is 0 Å². The van der Waals surface area contributed by atoms with Crippen LogP contribution in [0.3, 0.4) is 0 Å². The van der Waals surface area contributed by atoms with Gasteiger partial charge in [0.1, 0.15) is 11.6 Å². The number of aromatic carboxylic acids is 1. The molecule has 0 spiro atoms. The van der Waals surface area contributed by atoms with Crippen molar-refractivity contribution in [2.24, 2.45) is 7.05 Å². The van der Waals surface area contributed by atoms with Crippen molar-refractivity contribution in [3.05, 3.63) is 41.6 Å². The first-order valence-electron chi connectivity index (χ1n) is 9.08. The van der Waals surface area contributed by atoms with Gasteiger partial charge in [0.25, 0.3) is 0 Å². The molecule has 142 valence electrons. The van der Waals surface area contributed by atoms with Crippen molar-refractivity contribution in [2.75, 3.05) is 6.61 Å². The van der Waals surface area contributed by atoms with E-state index in [9.17, 15) is 14.7 Å². The molecular weight excluding hydrogens is 346 g/mol. The Morgan fingerprint density at radius 2 is 2.04 bits per heavy atom. The molecule has 1 saturated carbocycles. The quantitative estimate of drug-likeness (QED) is 0.787. The van der Waals surface area contributed by atoms with Crippen LogP contribution in [0.15, 0.2) is 30.3 Å². The number of ether oxygens (including phenoxy) is 1. The third-order valence-electron chi connectivity index (χ3n) is 5.33. The van der Waals surface area contributed by atoms with Crippen LogP contribution in [0, 0.1) is 0 Å². The standard InChI is InChI=1S/C20H23N3O4/c1-3-27-16-8-10-20(11-9-16,12-13-24)15-6-4-14(5-7-15)17-18(19(25)26)23(2)22-21-17/h4-7,12,16H,3,8-11H2,1-2H3,(H,25,26). The van der Waals surface area contributed by atoms with Crippen LogP contribution in [0.4, 0.5) is 0 Å². The zero-order valence-corrected chi connectivity index (χ0v) is 15.5.